The highest BCUT2D eigenvalue weighted by Gasteiger charge is 1.93. The topological polar surface area (TPSA) is 12.4 Å². The second-order valence-electron chi connectivity index (χ2n) is 2.64. The molecule has 0 rings (SSSR count). The molecule has 0 N–H and O–H groups in total. The van der Waals surface area contributed by atoms with Crippen LogP contribution in [0.1, 0.15) is 20.8 Å². The van der Waals surface area contributed by atoms with Gasteiger partial charge in [0, 0.05) is 5.71 Å². The second-order valence-corrected chi connectivity index (χ2v) is 2.64. The van der Waals surface area contributed by atoms with Crippen LogP contribution in [0.15, 0.2) is 53.7 Å². The third-order valence-electron chi connectivity index (χ3n) is 1.63. The molecule has 0 unspecified atom stereocenters. The monoisotopic (exact) mass is 175 g/mol. The van der Waals surface area contributed by atoms with Crippen LogP contribution < -0.4 is 0 Å². The standard InChI is InChI=1S/C12H17N/c1-6-9-10(4)11(5)13-12(7-2)8-3/h6-9H,2,4H2,1,3,5H3/b9-6-,12-8-,13-11+. The van der Waals surface area contributed by atoms with Crippen molar-refractivity contribution in [2.24, 2.45) is 4.99 Å². The Morgan fingerprint density at radius 2 is 1.92 bits per heavy atom. The molecule has 70 valence electrons. The van der Waals surface area contributed by atoms with E-state index in [0.29, 0.717) is 0 Å². The lowest BCUT2D eigenvalue weighted by atomic mass is 10.2. The number of allylic oxidation sites excluding steroid dienone is 5. The summed E-state index contributed by atoms with van der Waals surface area (Å²) in [5.74, 6) is 0. The van der Waals surface area contributed by atoms with Gasteiger partial charge in [0.05, 0.1) is 5.70 Å². The van der Waals surface area contributed by atoms with E-state index in [1.54, 1.807) is 6.08 Å². The van der Waals surface area contributed by atoms with Gasteiger partial charge in [-0.2, -0.15) is 0 Å². The number of hydrogen-bond acceptors (Lipinski definition) is 1. The molecule has 1 heteroatoms. The third-order valence-corrected chi connectivity index (χ3v) is 1.63. The zero-order valence-electron chi connectivity index (χ0n) is 8.67. The molecular formula is C12H17N. The van der Waals surface area contributed by atoms with E-state index in [1.165, 1.54) is 0 Å². The van der Waals surface area contributed by atoms with Gasteiger partial charge < -0.3 is 0 Å². The molecular weight excluding hydrogens is 158 g/mol. The zero-order chi connectivity index (χ0) is 10.3. The van der Waals surface area contributed by atoms with Crippen LogP contribution in [0, 0.1) is 0 Å². The smallest absolute Gasteiger partial charge is 0.0584 e. The van der Waals surface area contributed by atoms with Gasteiger partial charge in [-0.25, -0.2) is 0 Å². The Morgan fingerprint density at radius 1 is 1.31 bits per heavy atom. The molecule has 0 atom stereocenters. The number of hydrogen-bond donors (Lipinski definition) is 0. The van der Waals surface area contributed by atoms with Gasteiger partial charge in [0.15, 0.2) is 0 Å². The highest BCUT2D eigenvalue weighted by Crippen LogP contribution is 2.04. The Morgan fingerprint density at radius 3 is 2.31 bits per heavy atom. The first-order valence-corrected chi connectivity index (χ1v) is 4.31. The average Bonchev–Trinajstić information content (AvgIpc) is 2.14. The normalized spacial score (nSPS) is 13.5. The molecule has 0 aliphatic heterocycles. The zero-order valence-corrected chi connectivity index (χ0v) is 8.67. The molecule has 0 fully saturated rings. The predicted molar refractivity (Wildman–Crippen MR) is 61.0 cm³/mol. The van der Waals surface area contributed by atoms with Gasteiger partial charge >= 0.3 is 0 Å². The van der Waals surface area contributed by atoms with Crippen molar-refractivity contribution >= 4 is 5.71 Å². The van der Waals surface area contributed by atoms with Crippen molar-refractivity contribution in [2.45, 2.75) is 20.8 Å². The Labute approximate surface area is 80.9 Å². The van der Waals surface area contributed by atoms with E-state index >= 15 is 0 Å². The lowest BCUT2D eigenvalue weighted by Gasteiger charge is -1.99. The Kier molecular flexibility index (Phi) is 5.53. The van der Waals surface area contributed by atoms with Crippen molar-refractivity contribution in [1.82, 2.24) is 0 Å². The Bertz CT molecular complexity index is 277. The number of aliphatic imine (C=N–C) groups is 1. The van der Waals surface area contributed by atoms with Crippen molar-refractivity contribution in [3.05, 3.63) is 48.7 Å². The first-order valence-electron chi connectivity index (χ1n) is 4.31. The first kappa shape index (κ1) is 11.6. The van der Waals surface area contributed by atoms with Crippen LogP contribution in [0.2, 0.25) is 0 Å². The lowest BCUT2D eigenvalue weighted by Crippen LogP contribution is -1.93. The molecule has 0 aromatic rings. The molecule has 0 spiro atoms. The van der Waals surface area contributed by atoms with Crippen LogP contribution >= 0.6 is 0 Å². The Balaban J connectivity index is 4.66. The van der Waals surface area contributed by atoms with E-state index in [-0.39, 0.29) is 0 Å². The fourth-order valence-corrected chi connectivity index (χ4v) is 0.815. The summed E-state index contributed by atoms with van der Waals surface area (Å²) in [6.45, 7) is 13.4. The van der Waals surface area contributed by atoms with E-state index in [2.05, 4.69) is 18.2 Å². The highest BCUT2D eigenvalue weighted by atomic mass is 14.7. The third kappa shape index (κ3) is 4.26. The summed E-state index contributed by atoms with van der Waals surface area (Å²) in [6, 6.07) is 0. The summed E-state index contributed by atoms with van der Waals surface area (Å²) in [5, 5.41) is 0. The van der Waals surface area contributed by atoms with E-state index in [1.807, 2.05) is 39.0 Å². The maximum atomic E-state index is 4.34. The fourth-order valence-electron chi connectivity index (χ4n) is 0.815. The molecule has 0 radical (unpaired) electrons. The molecule has 0 saturated heterocycles. The van der Waals surface area contributed by atoms with Gasteiger partial charge in [0.25, 0.3) is 0 Å². The van der Waals surface area contributed by atoms with Crippen LogP contribution in [0.4, 0.5) is 0 Å². The summed E-state index contributed by atoms with van der Waals surface area (Å²) in [4.78, 5) is 4.34. The van der Waals surface area contributed by atoms with Gasteiger partial charge in [0.1, 0.15) is 0 Å². The minimum Gasteiger partial charge on any atom is -0.254 e. The van der Waals surface area contributed by atoms with E-state index in [4.69, 9.17) is 0 Å². The maximum absolute atomic E-state index is 4.34. The molecule has 0 aliphatic rings. The molecule has 13 heavy (non-hydrogen) atoms. The maximum Gasteiger partial charge on any atom is 0.0584 e. The summed E-state index contributed by atoms with van der Waals surface area (Å²) in [7, 11) is 0. The minimum absolute atomic E-state index is 0.878. The lowest BCUT2D eigenvalue weighted by molar-refractivity contribution is 1.37. The first-order chi connectivity index (χ1) is 6.15. The van der Waals surface area contributed by atoms with Gasteiger partial charge in [-0.1, -0.05) is 31.4 Å². The Hall–Kier alpha value is -1.37. The molecule has 0 bridgehead atoms. The van der Waals surface area contributed by atoms with Gasteiger partial charge in [-0.05, 0) is 32.4 Å². The fraction of sp³-hybridized carbons (Fsp3) is 0.250. The summed E-state index contributed by atoms with van der Waals surface area (Å²) < 4.78 is 0. The van der Waals surface area contributed by atoms with Gasteiger partial charge in [-0.15, -0.1) is 0 Å². The molecule has 0 saturated carbocycles. The van der Waals surface area contributed by atoms with Gasteiger partial charge in [0.2, 0.25) is 0 Å². The quantitative estimate of drug-likeness (QED) is 0.456. The molecule has 0 aliphatic carbocycles. The highest BCUT2D eigenvalue weighted by molar-refractivity contribution is 6.00. The minimum atomic E-state index is 0.878. The van der Waals surface area contributed by atoms with Crippen LogP contribution in [-0.4, -0.2) is 5.71 Å². The van der Waals surface area contributed by atoms with Crippen molar-refractivity contribution < 1.29 is 0 Å². The SMILES string of the molecule is C=CC(=C/C)/N=C(\C)C(=C)/C=C\C. The van der Waals surface area contributed by atoms with Crippen molar-refractivity contribution in [3.8, 4) is 0 Å². The predicted octanol–water partition coefficient (Wildman–Crippen LogP) is 3.67. The van der Waals surface area contributed by atoms with Crippen LogP contribution in [0.3, 0.4) is 0 Å². The number of nitrogens with zero attached hydrogens (tertiary/aromatic N) is 1. The molecule has 0 aromatic heterocycles. The van der Waals surface area contributed by atoms with E-state index < -0.39 is 0 Å². The molecule has 0 amide bonds. The molecule has 1 nitrogen and oxygen atoms in total. The van der Waals surface area contributed by atoms with Crippen LogP contribution in [0.25, 0.3) is 0 Å². The van der Waals surface area contributed by atoms with Crippen molar-refractivity contribution in [2.75, 3.05) is 0 Å². The summed E-state index contributed by atoms with van der Waals surface area (Å²) in [5.41, 5.74) is 2.73. The number of rotatable bonds is 4. The average molecular weight is 175 g/mol. The van der Waals surface area contributed by atoms with Crippen LogP contribution in [0.5, 0.6) is 0 Å². The summed E-state index contributed by atoms with van der Waals surface area (Å²) >= 11 is 0. The van der Waals surface area contributed by atoms with Crippen molar-refractivity contribution in [1.29, 1.82) is 0 Å². The molecule has 0 heterocycles. The van der Waals surface area contributed by atoms with Crippen molar-refractivity contribution in [3.63, 3.8) is 0 Å². The van der Waals surface area contributed by atoms with E-state index in [9.17, 15) is 0 Å². The second kappa shape index (κ2) is 6.18. The largest absolute Gasteiger partial charge is 0.254 e. The van der Waals surface area contributed by atoms with Crippen LogP contribution in [-0.2, 0) is 0 Å². The van der Waals surface area contributed by atoms with Gasteiger partial charge in [-0.3, -0.25) is 4.99 Å². The summed E-state index contributed by atoms with van der Waals surface area (Å²) in [6.07, 6.45) is 7.53. The molecule has 0 aromatic carbocycles. The van der Waals surface area contributed by atoms with E-state index in [0.717, 1.165) is 17.0 Å².